The second-order valence-corrected chi connectivity index (χ2v) is 12.0. The van der Waals surface area contributed by atoms with Crippen LogP contribution < -0.4 is 26.6 Å². The third-order valence-corrected chi connectivity index (χ3v) is 8.59. The lowest BCUT2D eigenvalue weighted by Gasteiger charge is -2.27. The van der Waals surface area contributed by atoms with Crippen molar-refractivity contribution in [2.24, 2.45) is 0 Å². The van der Waals surface area contributed by atoms with Crippen LogP contribution in [0.5, 0.6) is 0 Å². The van der Waals surface area contributed by atoms with Crippen LogP contribution in [-0.2, 0) is 23.9 Å². The van der Waals surface area contributed by atoms with E-state index in [1.807, 2.05) is 6.92 Å². The van der Waals surface area contributed by atoms with Crippen molar-refractivity contribution >= 4 is 52.4 Å². The third-order valence-electron chi connectivity index (χ3n) is 8.59. The summed E-state index contributed by atoms with van der Waals surface area (Å²) >= 11 is 0. The highest BCUT2D eigenvalue weighted by atomic mass is 19.1. The number of ether oxygens (including phenoxy) is 1. The number of amides is 6. The summed E-state index contributed by atoms with van der Waals surface area (Å²) in [7, 11) is 0. The normalized spacial score (nSPS) is 22.7. The first kappa shape index (κ1) is 31.6. The number of piperidine rings is 1. The average Bonchev–Trinajstić information content (AvgIpc) is 3.60. The number of allylic oxidation sites excluding steroid dienone is 1. The average molecular weight is 645 g/mol. The van der Waals surface area contributed by atoms with E-state index in [4.69, 9.17) is 4.74 Å². The van der Waals surface area contributed by atoms with Gasteiger partial charge >= 0.3 is 0 Å². The van der Waals surface area contributed by atoms with Crippen molar-refractivity contribution in [3.8, 4) is 0 Å². The van der Waals surface area contributed by atoms with Gasteiger partial charge in [0.25, 0.3) is 17.7 Å². The number of carbonyl (C=O) groups is 6. The lowest BCUT2D eigenvalue weighted by atomic mass is 9.96. The molecule has 0 radical (unpaired) electrons. The first-order valence-corrected chi connectivity index (χ1v) is 15.2. The second kappa shape index (κ2) is 12.4. The van der Waals surface area contributed by atoms with Gasteiger partial charge in [-0.1, -0.05) is 0 Å². The summed E-state index contributed by atoms with van der Waals surface area (Å²) in [6, 6.07) is 7.81. The van der Waals surface area contributed by atoms with Gasteiger partial charge in [0.15, 0.2) is 0 Å². The van der Waals surface area contributed by atoms with Gasteiger partial charge in [-0.05, 0) is 68.3 Å². The van der Waals surface area contributed by atoms with Crippen molar-refractivity contribution in [1.82, 2.24) is 20.9 Å². The molecule has 1 fully saturated rings. The Morgan fingerprint density at radius 3 is 2.57 bits per heavy atom. The molecule has 244 valence electrons. The van der Waals surface area contributed by atoms with Gasteiger partial charge in [0.1, 0.15) is 17.4 Å². The Labute approximate surface area is 269 Å². The van der Waals surface area contributed by atoms with Crippen molar-refractivity contribution in [1.29, 1.82) is 0 Å². The number of carbonyl (C=O) groups excluding carboxylic acids is 6. The van der Waals surface area contributed by atoms with Gasteiger partial charge in [-0.15, -0.1) is 0 Å². The second-order valence-electron chi connectivity index (χ2n) is 12.0. The van der Waals surface area contributed by atoms with E-state index >= 15 is 0 Å². The maximum atomic E-state index is 13.8. The lowest BCUT2D eigenvalue weighted by molar-refractivity contribution is -0.136. The van der Waals surface area contributed by atoms with Gasteiger partial charge in [0, 0.05) is 48.6 Å². The van der Waals surface area contributed by atoms with Gasteiger partial charge in [0.2, 0.25) is 17.7 Å². The molecule has 47 heavy (non-hydrogen) atoms. The topological polar surface area (TPSA) is 175 Å². The van der Waals surface area contributed by atoms with E-state index in [-0.39, 0.29) is 48.9 Å². The van der Waals surface area contributed by atoms with Crippen molar-refractivity contribution in [2.75, 3.05) is 36.9 Å². The van der Waals surface area contributed by atoms with E-state index in [1.165, 1.54) is 24.3 Å². The highest BCUT2D eigenvalue weighted by Crippen LogP contribution is 2.36. The van der Waals surface area contributed by atoms with Gasteiger partial charge in [-0.2, -0.15) is 0 Å². The summed E-state index contributed by atoms with van der Waals surface area (Å²) < 4.78 is 19.5. The van der Waals surface area contributed by atoms with E-state index in [0.29, 0.717) is 47.8 Å². The van der Waals surface area contributed by atoms with E-state index in [2.05, 4.69) is 26.6 Å². The standard InChI is InChI=1S/C33H33FN6O7/c1-17-16-33(2,39-25(17)15-22-21-13-18(34)3-6-24(21)37-28(22)42)32(46)36-10-12-47-11-9-35-19-4-5-20-23(14-19)31(45)40(30(20)44)26-7-8-27(41)38-29(26)43/h3-6,13-15,26,35,39H,7-12,16H2,1-2H3,(H,36,46)(H,37,42)(H,38,41,43)/b22-15-. The summed E-state index contributed by atoms with van der Waals surface area (Å²) in [5, 5.41) is 14.1. The monoisotopic (exact) mass is 644 g/mol. The van der Waals surface area contributed by atoms with Crippen LogP contribution >= 0.6 is 0 Å². The summed E-state index contributed by atoms with van der Waals surface area (Å²) in [5.41, 5.74) is 2.86. The molecule has 0 saturated carbocycles. The van der Waals surface area contributed by atoms with Gasteiger partial charge in [0.05, 0.1) is 29.9 Å². The lowest BCUT2D eigenvalue weighted by Crippen LogP contribution is -2.54. The molecule has 2 atom stereocenters. The maximum Gasteiger partial charge on any atom is 0.262 e. The summed E-state index contributed by atoms with van der Waals surface area (Å²) in [6.45, 7) is 4.81. The van der Waals surface area contributed by atoms with Crippen molar-refractivity contribution in [2.45, 2.75) is 44.7 Å². The summed E-state index contributed by atoms with van der Waals surface area (Å²) in [4.78, 5) is 76.1. The zero-order valence-electron chi connectivity index (χ0n) is 25.8. The minimum absolute atomic E-state index is 0.0495. The predicted octanol–water partition coefficient (Wildman–Crippen LogP) is 1.83. The number of nitrogens with zero attached hydrogens (tertiary/aromatic N) is 1. The predicted molar refractivity (Wildman–Crippen MR) is 167 cm³/mol. The fraction of sp³-hybridized carbons (Fsp3) is 0.333. The number of fused-ring (bicyclic) bond motifs is 2. The number of benzene rings is 2. The molecule has 2 unspecified atom stereocenters. The molecule has 4 heterocycles. The molecule has 0 aromatic heterocycles. The molecule has 4 aliphatic heterocycles. The van der Waals surface area contributed by atoms with Crippen molar-refractivity contribution in [3.05, 3.63) is 76.3 Å². The number of hydrogen-bond acceptors (Lipinski definition) is 9. The first-order chi connectivity index (χ1) is 22.4. The number of halogens is 1. The van der Waals surface area contributed by atoms with Crippen LogP contribution in [0.2, 0.25) is 0 Å². The molecule has 6 amide bonds. The molecule has 2 aromatic rings. The molecular weight excluding hydrogens is 611 g/mol. The fourth-order valence-corrected chi connectivity index (χ4v) is 6.20. The number of nitrogens with one attached hydrogen (secondary N) is 5. The van der Waals surface area contributed by atoms with Crippen LogP contribution in [0, 0.1) is 5.82 Å². The van der Waals surface area contributed by atoms with Gasteiger partial charge < -0.3 is 26.0 Å². The quantitative estimate of drug-likeness (QED) is 0.147. The molecule has 0 spiro atoms. The molecule has 0 aliphatic carbocycles. The molecule has 0 bridgehead atoms. The zero-order chi connectivity index (χ0) is 33.5. The molecule has 1 saturated heterocycles. The number of rotatable bonds is 10. The molecular formula is C33H33FN6O7. The zero-order valence-corrected chi connectivity index (χ0v) is 25.8. The van der Waals surface area contributed by atoms with E-state index in [1.54, 1.807) is 25.1 Å². The minimum Gasteiger partial charge on any atom is -0.383 e. The molecule has 2 aromatic carbocycles. The Kier molecular flexibility index (Phi) is 8.36. The molecule has 5 N–H and O–H groups in total. The van der Waals surface area contributed by atoms with E-state index in [0.717, 1.165) is 10.5 Å². The van der Waals surface area contributed by atoms with Crippen LogP contribution in [-0.4, -0.2) is 78.2 Å². The van der Waals surface area contributed by atoms with E-state index < -0.39 is 41.0 Å². The Balaban J connectivity index is 0.941. The Hall–Kier alpha value is -5.37. The molecule has 14 heteroatoms. The third kappa shape index (κ3) is 6.11. The fourth-order valence-electron chi connectivity index (χ4n) is 6.20. The molecule has 13 nitrogen and oxygen atoms in total. The Bertz CT molecular complexity index is 1800. The van der Waals surface area contributed by atoms with Crippen molar-refractivity contribution < 1.29 is 37.9 Å². The largest absolute Gasteiger partial charge is 0.383 e. The van der Waals surface area contributed by atoms with Crippen LogP contribution in [0.1, 0.15) is 59.4 Å². The maximum absolute atomic E-state index is 13.8. The summed E-state index contributed by atoms with van der Waals surface area (Å²) in [5.74, 6) is -3.27. The summed E-state index contributed by atoms with van der Waals surface area (Å²) in [6.07, 6.45) is 2.20. The Morgan fingerprint density at radius 1 is 1.02 bits per heavy atom. The van der Waals surface area contributed by atoms with Crippen LogP contribution in [0.15, 0.2) is 53.7 Å². The van der Waals surface area contributed by atoms with Crippen molar-refractivity contribution in [3.63, 3.8) is 0 Å². The number of hydrogen-bond donors (Lipinski definition) is 5. The highest BCUT2D eigenvalue weighted by Gasteiger charge is 2.44. The molecule has 6 rings (SSSR count). The van der Waals surface area contributed by atoms with E-state index in [9.17, 15) is 33.2 Å². The minimum atomic E-state index is -1.03. The first-order valence-electron chi connectivity index (χ1n) is 15.2. The van der Waals surface area contributed by atoms with Gasteiger partial charge in [-0.25, -0.2) is 4.39 Å². The van der Waals surface area contributed by atoms with Crippen LogP contribution in [0.4, 0.5) is 15.8 Å². The Morgan fingerprint density at radius 2 is 1.79 bits per heavy atom. The van der Waals surface area contributed by atoms with Crippen LogP contribution in [0.25, 0.3) is 5.57 Å². The smallest absolute Gasteiger partial charge is 0.262 e. The number of imide groups is 2. The molecule has 4 aliphatic rings. The SMILES string of the molecule is CC1=C(/C=C2\C(=O)Nc3ccc(F)cc32)NC(C)(C(=O)NCCOCCNc2ccc3c(c2)C(=O)N(C2CCC(=O)NC2=O)C3=O)C1. The van der Waals surface area contributed by atoms with Gasteiger partial charge in [-0.3, -0.25) is 39.0 Å². The van der Waals surface area contributed by atoms with Crippen LogP contribution in [0.3, 0.4) is 0 Å². The highest BCUT2D eigenvalue weighted by molar-refractivity contribution is 6.32. The number of anilines is 2.